The van der Waals surface area contributed by atoms with Gasteiger partial charge in [0, 0.05) is 6.20 Å². The molecule has 1 aromatic carbocycles. The van der Waals surface area contributed by atoms with Crippen LogP contribution in [0.1, 0.15) is 48.5 Å². The van der Waals surface area contributed by atoms with Gasteiger partial charge in [-0.05, 0) is 68.1 Å². The number of nitrogens with zero attached hydrogens (tertiary/aromatic N) is 3. The third kappa shape index (κ3) is 4.50. The van der Waals surface area contributed by atoms with Crippen LogP contribution in [0.2, 0.25) is 0 Å². The Bertz CT molecular complexity index is 1170. The highest BCUT2D eigenvalue weighted by atomic mass is 32.2. The first-order valence-electron chi connectivity index (χ1n) is 10.5. The van der Waals surface area contributed by atoms with Crippen LogP contribution in [-0.4, -0.2) is 30.3 Å². The second-order valence-electron chi connectivity index (χ2n) is 8.03. The standard InChI is InChI=1S/C23H28N4O3S/c1-16-12-22(30-3)23(13-17(16)2)31(28,29)25-15-18-14-21(20-10-6-7-11-24-20)27(26-18)19-8-4-5-9-19/h6-7,10-14,19,25H,4-5,8-9,15H2,1-3H3. The van der Waals surface area contributed by atoms with E-state index in [1.807, 2.05) is 42.8 Å². The highest BCUT2D eigenvalue weighted by molar-refractivity contribution is 7.89. The summed E-state index contributed by atoms with van der Waals surface area (Å²) in [5, 5.41) is 4.76. The molecule has 0 atom stereocenters. The molecule has 0 saturated heterocycles. The normalized spacial score (nSPS) is 14.8. The number of rotatable bonds is 7. The molecular weight excluding hydrogens is 412 g/mol. The van der Waals surface area contributed by atoms with Gasteiger partial charge in [0.05, 0.1) is 36.8 Å². The van der Waals surface area contributed by atoms with Gasteiger partial charge in [0.2, 0.25) is 10.0 Å². The molecule has 7 nitrogen and oxygen atoms in total. The van der Waals surface area contributed by atoms with Gasteiger partial charge in [-0.3, -0.25) is 9.67 Å². The van der Waals surface area contributed by atoms with Crippen LogP contribution in [0.25, 0.3) is 11.4 Å². The monoisotopic (exact) mass is 440 g/mol. The number of sulfonamides is 1. The third-order valence-electron chi connectivity index (χ3n) is 5.90. The zero-order valence-corrected chi connectivity index (χ0v) is 18.9. The summed E-state index contributed by atoms with van der Waals surface area (Å²) in [5.74, 6) is 0.334. The Morgan fingerprint density at radius 1 is 1.13 bits per heavy atom. The number of ether oxygens (including phenoxy) is 1. The lowest BCUT2D eigenvalue weighted by Crippen LogP contribution is -2.24. The van der Waals surface area contributed by atoms with Crippen LogP contribution in [0.15, 0.2) is 47.5 Å². The van der Waals surface area contributed by atoms with Crippen molar-refractivity contribution in [3.8, 4) is 17.1 Å². The van der Waals surface area contributed by atoms with E-state index in [-0.39, 0.29) is 11.4 Å². The van der Waals surface area contributed by atoms with Gasteiger partial charge >= 0.3 is 0 Å². The Kier molecular flexibility index (Phi) is 6.11. The van der Waals surface area contributed by atoms with E-state index in [2.05, 4.69) is 9.71 Å². The number of aromatic nitrogens is 3. The van der Waals surface area contributed by atoms with Crippen molar-refractivity contribution in [2.24, 2.45) is 0 Å². The third-order valence-corrected chi connectivity index (χ3v) is 7.32. The first-order chi connectivity index (χ1) is 14.9. The fraction of sp³-hybridized carbons (Fsp3) is 0.391. The number of hydrogen-bond donors (Lipinski definition) is 1. The number of hydrogen-bond acceptors (Lipinski definition) is 5. The summed E-state index contributed by atoms with van der Waals surface area (Å²) in [6, 6.07) is 11.4. The molecule has 0 bridgehead atoms. The average Bonchev–Trinajstić information content (AvgIpc) is 3.44. The number of pyridine rings is 1. The molecule has 8 heteroatoms. The Balaban J connectivity index is 1.62. The molecule has 0 aliphatic heterocycles. The number of nitrogens with one attached hydrogen (secondary N) is 1. The SMILES string of the molecule is COc1cc(C)c(C)cc1S(=O)(=O)NCc1cc(-c2ccccn2)n(C2CCCC2)n1. The largest absolute Gasteiger partial charge is 0.495 e. The molecule has 1 N–H and O–H groups in total. The summed E-state index contributed by atoms with van der Waals surface area (Å²) in [7, 11) is -2.29. The van der Waals surface area contributed by atoms with Crippen molar-refractivity contribution in [1.82, 2.24) is 19.5 Å². The van der Waals surface area contributed by atoms with Gasteiger partial charge in [-0.2, -0.15) is 5.10 Å². The molecule has 0 amide bonds. The predicted octanol–water partition coefficient (Wildman–Crippen LogP) is 4.16. The maximum Gasteiger partial charge on any atom is 0.244 e. The molecule has 31 heavy (non-hydrogen) atoms. The summed E-state index contributed by atoms with van der Waals surface area (Å²) in [6.07, 6.45) is 6.27. The van der Waals surface area contributed by atoms with Gasteiger partial charge in [0.15, 0.2) is 0 Å². The minimum atomic E-state index is -3.77. The average molecular weight is 441 g/mol. The van der Waals surface area contributed by atoms with Crippen molar-refractivity contribution in [2.75, 3.05) is 7.11 Å². The Hall–Kier alpha value is -2.71. The molecule has 0 unspecified atom stereocenters. The molecule has 1 fully saturated rings. The molecule has 0 radical (unpaired) electrons. The highest BCUT2D eigenvalue weighted by Gasteiger charge is 2.24. The lowest BCUT2D eigenvalue weighted by Gasteiger charge is -2.14. The van der Waals surface area contributed by atoms with Gasteiger partial charge < -0.3 is 4.74 Å². The lowest BCUT2D eigenvalue weighted by atomic mass is 10.1. The van der Waals surface area contributed by atoms with Gasteiger partial charge in [0.1, 0.15) is 10.6 Å². The van der Waals surface area contributed by atoms with Gasteiger partial charge in [0.25, 0.3) is 0 Å². The molecule has 1 aliphatic carbocycles. The molecule has 164 valence electrons. The maximum absolute atomic E-state index is 13.0. The van der Waals surface area contributed by atoms with Crippen LogP contribution in [0, 0.1) is 13.8 Å². The van der Waals surface area contributed by atoms with E-state index in [1.165, 1.54) is 20.0 Å². The van der Waals surface area contributed by atoms with Crippen molar-refractivity contribution >= 4 is 10.0 Å². The van der Waals surface area contributed by atoms with Crippen LogP contribution in [-0.2, 0) is 16.6 Å². The Morgan fingerprint density at radius 3 is 2.55 bits per heavy atom. The van der Waals surface area contributed by atoms with E-state index in [1.54, 1.807) is 18.3 Å². The molecule has 2 aromatic heterocycles. The summed E-state index contributed by atoms with van der Waals surface area (Å²) >= 11 is 0. The quantitative estimate of drug-likeness (QED) is 0.596. The lowest BCUT2D eigenvalue weighted by molar-refractivity contribution is 0.401. The summed E-state index contributed by atoms with van der Waals surface area (Å²) < 4.78 is 36.1. The molecule has 4 rings (SSSR count). The molecule has 1 aliphatic rings. The van der Waals surface area contributed by atoms with Crippen molar-refractivity contribution < 1.29 is 13.2 Å². The van der Waals surface area contributed by atoms with Gasteiger partial charge in [-0.25, -0.2) is 13.1 Å². The minimum Gasteiger partial charge on any atom is -0.495 e. The number of aryl methyl sites for hydroxylation is 2. The molecular formula is C23H28N4O3S. The van der Waals surface area contributed by atoms with E-state index in [0.29, 0.717) is 17.5 Å². The van der Waals surface area contributed by atoms with Crippen molar-refractivity contribution in [2.45, 2.75) is 57.0 Å². The smallest absolute Gasteiger partial charge is 0.244 e. The maximum atomic E-state index is 13.0. The highest BCUT2D eigenvalue weighted by Crippen LogP contribution is 2.33. The zero-order chi connectivity index (χ0) is 22.0. The van der Waals surface area contributed by atoms with Crippen molar-refractivity contribution in [1.29, 1.82) is 0 Å². The summed E-state index contributed by atoms with van der Waals surface area (Å²) in [6.45, 7) is 3.91. The van der Waals surface area contributed by atoms with Gasteiger partial charge in [-0.15, -0.1) is 0 Å². The minimum absolute atomic E-state index is 0.0952. The van der Waals surface area contributed by atoms with Crippen LogP contribution < -0.4 is 9.46 Å². The summed E-state index contributed by atoms with van der Waals surface area (Å²) in [4.78, 5) is 4.61. The van der Waals surface area contributed by atoms with Crippen LogP contribution >= 0.6 is 0 Å². The first kappa shape index (κ1) is 21.5. The number of methoxy groups -OCH3 is 1. The second-order valence-corrected chi connectivity index (χ2v) is 9.77. The second kappa shape index (κ2) is 8.80. The van der Waals surface area contributed by atoms with E-state index in [9.17, 15) is 8.42 Å². The van der Waals surface area contributed by atoms with E-state index < -0.39 is 10.0 Å². The Morgan fingerprint density at radius 2 is 1.87 bits per heavy atom. The molecule has 3 aromatic rings. The van der Waals surface area contributed by atoms with E-state index >= 15 is 0 Å². The van der Waals surface area contributed by atoms with Crippen molar-refractivity contribution in [3.63, 3.8) is 0 Å². The van der Waals surface area contributed by atoms with Crippen LogP contribution in [0.4, 0.5) is 0 Å². The molecule has 1 saturated carbocycles. The predicted molar refractivity (Wildman–Crippen MR) is 119 cm³/mol. The molecule has 0 spiro atoms. The zero-order valence-electron chi connectivity index (χ0n) is 18.1. The molecule has 2 heterocycles. The first-order valence-corrected chi connectivity index (χ1v) is 12.0. The van der Waals surface area contributed by atoms with Gasteiger partial charge in [-0.1, -0.05) is 18.9 Å². The number of benzene rings is 1. The Labute approximate surface area is 183 Å². The van der Waals surface area contributed by atoms with E-state index in [0.717, 1.165) is 35.4 Å². The summed E-state index contributed by atoms with van der Waals surface area (Å²) in [5.41, 5.74) is 4.30. The van der Waals surface area contributed by atoms with Crippen LogP contribution in [0.5, 0.6) is 5.75 Å². The fourth-order valence-corrected chi connectivity index (χ4v) is 5.28. The van der Waals surface area contributed by atoms with Crippen LogP contribution in [0.3, 0.4) is 0 Å². The van der Waals surface area contributed by atoms with E-state index in [4.69, 9.17) is 9.84 Å². The fourth-order valence-electron chi connectivity index (χ4n) is 4.04. The topological polar surface area (TPSA) is 86.1 Å². The van der Waals surface area contributed by atoms with Crippen molar-refractivity contribution in [3.05, 3.63) is 59.4 Å².